The Morgan fingerprint density at radius 1 is 1.03 bits per heavy atom. The van der Waals surface area contributed by atoms with E-state index in [1.54, 1.807) is 12.4 Å². The highest BCUT2D eigenvalue weighted by Crippen LogP contribution is 2.24. The number of nitrogens with zero attached hydrogens (tertiary/aromatic N) is 4. The van der Waals surface area contributed by atoms with Gasteiger partial charge in [0.2, 0.25) is 5.28 Å². The third kappa shape index (κ3) is 6.17. The Hall–Kier alpha value is -3.71. The van der Waals surface area contributed by atoms with Crippen LogP contribution in [0.4, 0.5) is 16.3 Å². The van der Waals surface area contributed by atoms with Gasteiger partial charge in [-0.05, 0) is 55.6 Å². The van der Waals surface area contributed by atoms with E-state index in [0.717, 1.165) is 28.1 Å². The SMILES string of the molecule is CC(C)(C)OC(=O)n1cc(-c2ccc(Nc3cc(Cc4ccccc4)nc(Cl)n3)cc2)cn1. The van der Waals surface area contributed by atoms with Crippen molar-refractivity contribution in [2.75, 3.05) is 5.32 Å². The molecule has 0 atom stereocenters. The third-order valence-corrected chi connectivity index (χ3v) is 4.80. The summed E-state index contributed by atoms with van der Waals surface area (Å²) in [5.41, 5.74) is 3.97. The zero-order valence-electron chi connectivity index (χ0n) is 18.6. The number of hydrogen-bond donors (Lipinski definition) is 1. The molecule has 2 aromatic heterocycles. The first-order chi connectivity index (χ1) is 15.7. The average molecular weight is 462 g/mol. The van der Waals surface area contributed by atoms with Gasteiger partial charge in [0.15, 0.2) is 0 Å². The average Bonchev–Trinajstić information content (AvgIpc) is 3.24. The lowest BCUT2D eigenvalue weighted by molar-refractivity contribution is 0.0514. The maximum absolute atomic E-state index is 12.2. The summed E-state index contributed by atoms with van der Waals surface area (Å²) in [6.07, 6.45) is 3.43. The van der Waals surface area contributed by atoms with Gasteiger partial charge in [0.25, 0.3) is 0 Å². The first-order valence-corrected chi connectivity index (χ1v) is 10.9. The molecule has 33 heavy (non-hydrogen) atoms. The van der Waals surface area contributed by atoms with Gasteiger partial charge in [0.1, 0.15) is 11.4 Å². The molecule has 0 bridgehead atoms. The van der Waals surface area contributed by atoms with Crippen molar-refractivity contribution < 1.29 is 9.53 Å². The maximum atomic E-state index is 12.2. The van der Waals surface area contributed by atoms with Crippen molar-refractivity contribution in [1.29, 1.82) is 0 Å². The molecule has 0 aliphatic rings. The Bertz CT molecular complexity index is 1250. The molecule has 4 aromatic rings. The minimum absolute atomic E-state index is 0.192. The first-order valence-electron chi connectivity index (χ1n) is 10.5. The van der Waals surface area contributed by atoms with Crippen LogP contribution in [0.5, 0.6) is 0 Å². The van der Waals surface area contributed by atoms with Crippen molar-refractivity contribution in [1.82, 2.24) is 19.7 Å². The van der Waals surface area contributed by atoms with E-state index in [4.69, 9.17) is 16.3 Å². The number of carbonyl (C=O) groups excluding carboxylic acids is 1. The smallest absolute Gasteiger partial charge is 0.435 e. The second-order valence-corrected chi connectivity index (χ2v) is 8.87. The van der Waals surface area contributed by atoms with Crippen LogP contribution in [-0.2, 0) is 11.2 Å². The Morgan fingerprint density at radius 2 is 1.76 bits per heavy atom. The predicted octanol–water partition coefficient (Wildman–Crippen LogP) is 6.11. The lowest BCUT2D eigenvalue weighted by Crippen LogP contribution is -2.27. The van der Waals surface area contributed by atoms with E-state index in [9.17, 15) is 4.79 Å². The fourth-order valence-corrected chi connectivity index (χ4v) is 3.40. The Balaban J connectivity index is 1.46. The van der Waals surface area contributed by atoms with Crippen LogP contribution in [0.25, 0.3) is 11.1 Å². The number of rotatable bonds is 5. The number of anilines is 2. The summed E-state index contributed by atoms with van der Waals surface area (Å²) < 4.78 is 6.54. The van der Waals surface area contributed by atoms with Gasteiger partial charge in [0, 0.05) is 29.9 Å². The summed E-state index contributed by atoms with van der Waals surface area (Å²) in [6.45, 7) is 5.45. The van der Waals surface area contributed by atoms with Crippen LogP contribution in [0.15, 0.2) is 73.1 Å². The highest BCUT2D eigenvalue weighted by molar-refractivity contribution is 6.28. The molecule has 1 N–H and O–H groups in total. The van der Waals surface area contributed by atoms with Crippen molar-refractivity contribution >= 4 is 29.2 Å². The van der Waals surface area contributed by atoms with Gasteiger partial charge in [-0.2, -0.15) is 9.78 Å². The second-order valence-electron chi connectivity index (χ2n) is 8.53. The molecule has 168 valence electrons. The minimum atomic E-state index is -0.582. The van der Waals surface area contributed by atoms with Gasteiger partial charge in [0.05, 0.1) is 11.9 Å². The molecule has 0 aliphatic heterocycles. The number of ether oxygens (including phenoxy) is 1. The zero-order chi connectivity index (χ0) is 23.4. The third-order valence-electron chi connectivity index (χ3n) is 4.63. The molecule has 0 amide bonds. The quantitative estimate of drug-likeness (QED) is 0.361. The fourth-order valence-electron chi connectivity index (χ4n) is 3.20. The van der Waals surface area contributed by atoms with Crippen molar-refractivity contribution in [2.24, 2.45) is 0 Å². The summed E-state index contributed by atoms with van der Waals surface area (Å²) in [4.78, 5) is 20.8. The molecule has 0 saturated carbocycles. The van der Waals surface area contributed by atoms with Gasteiger partial charge in [-0.25, -0.2) is 14.8 Å². The molecule has 0 spiro atoms. The van der Waals surface area contributed by atoms with Crippen LogP contribution >= 0.6 is 11.6 Å². The molecule has 0 aliphatic carbocycles. The largest absolute Gasteiger partial charge is 0.442 e. The Morgan fingerprint density at radius 3 is 2.45 bits per heavy atom. The number of carbonyl (C=O) groups is 1. The number of aromatic nitrogens is 4. The molecule has 7 nitrogen and oxygen atoms in total. The van der Waals surface area contributed by atoms with Gasteiger partial charge < -0.3 is 10.1 Å². The van der Waals surface area contributed by atoms with E-state index in [2.05, 4.69) is 20.4 Å². The molecule has 8 heteroatoms. The van der Waals surface area contributed by atoms with Crippen LogP contribution in [0, 0.1) is 0 Å². The van der Waals surface area contributed by atoms with Crippen LogP contribution in [0.2, 0.25) is 5.28 Å². The summed E-state index contributed by atoms with van der Waals surface area (Å²) in [5, 5.41) is 7.58. The standard InChI is InChI=1S/C25H24ClN5O2/c1-25(2,3)33-24(32)31-16-19(15-27-31)18-9-11-20(12-10-18)28-22-14-21(29-23(26)30-22)13-17-7-5-4-6-8-17/h4-12,14-16H,13H2,1-3H3,(H,28,29,30). The first kappa shape index (κ1) is 22.5. The van der Waals surface area contributed by atoms with Crippen LogP contribution in [0.3, 0.4) is 0 Å². The van der Waals surface area contributed by atoms with Gasteiger partial charge in [-0.3, -0.25) is 0 Å². The molecular formula is C25H24ClN5O2. The van der Waals surface area contributed by atoms with E-state index >= 15 is 0 Å². The highest BCUT2D eigenvalue weighted by Gasteiger charge is 2.18. The summed E-state index contributed by atoms with van der Waals surface area (Å²) >= 11 is 6.15. The van der Waals surface area contributed by atoms with E-state index in [-0.39, 0.29) is 5.28 Å². The van der Waals surface area contributed by atoms with E-state index in [1.807, 2.05) is 81.4 Å². The van der Waals surface area contributed by atoms with Gasteiger partial charge in [-0.1, -0.05) is 42.5 Å². The van der Waals surface area contributed by atoms with E-state index < -0.39 is 11.7 Å². The van der Waals surface area contributed by atoms with Crippen molar-refractivity contribution in [3.05, 3.63) is 89.6 Å². The van der Waals surface area contributed by atoms with Crippen molar-refractivity contribution in [3.8, 4) is 11.1 Å². The van der Waals surface area contributed by atoms with Crippen LogP contribution in [0.1, 0.15) is 32.0 Å². The monoisotopic (exact) mass is 461 g/mol. The molecule has 0 unspecified atom stereocenters. The molecule has 0 fully saturated rings. The fraction of sp³-hybridized carbons (Fsp3) is 0.200. The highest BCUT2D eigenvalue weighted by atomic mass is 35.5. The van der Waals surface area contributed by atoms with Crippen LogP contribution < -0.4 is 5.32 Å². The molecule has 2 heterocycles. The molecule has 4 rings (SSSR count). The van der Waals surface area contributed by atoms with Crippen LogP contribution in [-0.4, -0.2) is 31.4 Å². The lowest BCUT2D eigenvalue weighted by atomic mass is 10.1. The van der Waals surface area contributed by atoms with E-state index in [1.165, 1.54) is 4.68 Å². The Kier molecular flexibility index (Phi) is 6.42. The summed E-state index contributed by atoms with van der Waals surface area (Å²) in [6, 6.07) is 19.7. The minimum Gasteiger partial charge on any atom is -0.442 e. The molecule has 0 saturated heterocycles. The Labute approximate surface area is 197 Å². The second kappa shape index (κ2) is 9.42. The normalized spacial score (nSPS) is 11.3. The molecule has 2 aromatic carbocycles. The topological polar surface area (TPSA) is 81.9 Å². The van der Waals surface area contributed by atoms with Crippen molar-refractivity contribution in [2.45, 2.75) is 32.8 Å². The molecule has 0 radical (unpaired) electrons. The maximum Gasteiger partial charge on any atom is 0.435 e. The lowest BCUT2D eigenvalue weighted by Gasteiger charge is -2.18. The summed E-state index contributed by atoms with van der Waals surface area (Å²) in [7, 11) is 0. The zero-order valence-corrected chi connectivity index (χ0v) is 19.4. The van der Waals surface area contributed by atoms with Gasteiger partial charge >= 0.3 is 6.09 Å². The number of benzene rings is 2. The number of hydrogen-bond acceptors (Lipinski definition) is 6. The van der Waals surface area contributed by atoms with Gasteiger partial charge in [-0.15, -0.1) is 0 Å². The predicted molar refractivity (Wildman–Crippen MR) is 129 cm³/mol. The van der Waals surface area contributed by atoms with Crippen molar-refractivity contribution in [3.63, 3.8) is 0 Å². The summed E-state index contributed by atoms with van der Waals surface area (Å²) in [5.74, 6) is 0.617. The van der Waals surface area contributed by atoms with E-state index in [0.29, 0.717) is 12.2 Å². The number of halogens is 1. The molecular weight excluding hydrogens is 438 g/mol. The number of nitrogens with one attached hydrogen (secondary N) is 1.